The van der Waals surface area contributed by atoms with Crippen LogP contribution in [0.4, 0.5) is 0 Å². The zero-order chi connectivity index (χ0) is 13.5. The fourth-order valence-electron chi connectivity index (χ4n) is 2.12. The van der Waals surface area contributed by atoms with E-state index in [1.807, 2.05) is 36.9 Å². The van der Waals surface area contributed by atoms with Gasteiger partial charge in [-0.3, -0.25) is 4.90 Å². The van der Waals surface area contributed by atoms with E-state index in [0.717, 1.165) is 11.1 Å². The summed E-state index contributed by atoms with van der Waals surface area (Å²) in [6.07, 6.45) is -0.594. The predicted octanol–water partition coefficient (Wildman–Crippen LogP) is 0.623. The molecular formula is C14H23NO3. The average Bonchev–Trinajstić information content (AvgIpc) is 2.29. The fourth-order valence-corrected chi connectivity index (χ4v) is 2.12. The molecule has 1 unspecified atom stereocenters. The van der Waals surface area contributed by atoms with E-state index in [1.54, 1.807) is 0 Å². The Hall–Kier alpha value is -0.940. The third kappa shape index (κ3) is 4.38. The van der Waals surface area contributed by atoms with Crippen LogP contribution in [0.2, 0.25) is 0 Å². The van der Waals surface area contributed by atoms with E-state index in [-0.39, 0.29) is 13.2 Å². The third-order valence-electron chi connectivity index (χ3n) is 3.05. The Morgan fingerprint density at radius 3 is 2.22 bits per heavy atom. The van der Waals surface area contributed by atoms with Crippen molar-refractivity contribution in [1.82, 2.24) is 4.90 Å². The largest absolute Gasteiger partial charge is 0.395 e. The fraction of sp³-hybridized carbons (Fsp3) is 0.571. The molecule has 18 heavy (non-hydrogen) atoms. The average molecular weight is 253 g/mol. The first kappa shape index (κ1) is 15.1. The van der Waals surface area contributed by atoms with Gasteiger partial charge in [0.05, 0.1) is 19.3 Å². The van der Waals surface area contributed by atoms with Crippen LogP contribution in [0.1, 0.15) is 22.8 Å². The molecule has 0 amide bonds. The number of aliphatic hydroxyl groups is 3. The highest BCUT2D eigenvalue weighted by Gasteiger charge is 2.14. The number of hydrogen-bond acceptors (Lipinski definition) is 4. The summed E-state index contributed by atoms with van der Waals surface area (Å²) in [6.45, 7) is 5.40. The quantitative estimate of drug-likeness (QED) is 0.667. The van der Waals surface area contributed by atoms with E-state index in [9.17, 15) is 5.11 Å². The summed E-state index contributed by atoms with van der Waals surface area (Å²) in [5.74, 6) is 0. The minimum Gasteiger partial charge on any atom is -0.395 e. The lowest BCUT2D eigenvalue weighted by atomic mass is 10.0. The molecule has 0 saturated carbocycles. The summed E-state index contributed by atoms with van der Waals surface area (Å²) < 4.78 is 0. The minimum atomic E-state index is -0.594. The summed E-state index contributed by atoms with van der Waals surface area (Å²) >= 11 is 0. The highest BCUT2D eigenvalue weighted by atomic mass is 16.3. The summed E-state index contributed by atoms with van der Waals surface area (Å²) in [4.78, 5) is 1.85. The number of aryl methyl sites for hydroxylation is 2. The van der Waals surface area contributed by atoms with Crippen molar-refractivity contribution >= 4 is 0 Å². The second-order valence-corrected chi connectivity index (χ2v) is 4.62. The van der Waals surface area contributed by atoms with Crippen molar-refractivity contribution < 1.29 is 15.3 Å². The van der Waals surface area contributed by atoms with Gasteiger partial charge in [-0.2, -0.15) is 0 Å². The summed E-state index contributed by atoms with van der Waals surface area (Å²) in [6, 6.07) is 5.96. The molecule has 1 aromatic rings. The van der Waals surface area contributed by atoms with Gasteiger partial charge >= 0.3 is 0 Å². The van der Waals surface area contributed by atoms with Gasteiger partial charge in [-0.05, 0) is 25.0 Å². The highest BCUT2D eigenvalue weighted by molar-refractivity contribution is 5.32. The first-order valence-electron chi connectivity index (χ1n) is 6.27. The van der Waals surface area contributed by atoms with Crippen molar-refractivity contribution in [3.05, 3.63) is 34.9 Å². The maximum atomic E-state index is 10.2. The molecular weight excluding hydrogens is 230 g/mol. The molecule has 0 radical (unpaired) electrons. The Morgan fingerprint density at radius 2 is 1.72 bits per heavy atom. The maximum absolute atomic E-state index is 10.2. The van der Waals surface area contributed by atoms with Crippen LogP contribution in [0.15, 0.2) is 18.2 Å². The lowest BCUT2D eigenvalue weighted by Gasteiger charge is -2.24. The number of nitrogens with zero attached hydrogens (tertiary/aromatic N) is 1. The number of aliphatic hydroxyl groups excluding tert-OH is 3. The smallest absolute Gasteiger partial charge is 0.0919 e. The Labute approximate surface area is 108 Å². The molecule has 0 spiro atoms. The monoisotopic (exact) mass is 253 g/mol. The van der Waals surface area contributed by atoms with Crippen LogP contribution in [0.5, 0.6) is 0 Å². The number of rotatable bonds is 7. The zero-order valence-electron chi connectivity index (χ0n) is 11.1. The number of benzene rings is 1. The second-order valence-electron chi connectivity index (χ2n) is 4.62. The van der Waals surface area contributed by atoms with E-state index >= 15 is 0 Å². The lowest BCUT2D eigenvalue weighted by molar-refractivity contribution is 0.0871. The molecule has 4 heteroatoms. The molecule has 0 bridgehead atoms. The van der Waals surface area contributed by atoms with Gasteiger partial charge in [0.1, 0.15) is 0 Å². The zero-order valence-corrected chi connectivity index (χ0v) is 11.1. The van der Waals surface area contributed by atoms with Crippen molar-refractivity contribution in [2.75, 3.05) is 32.8 Å². The summed E-state index contributed by atoms with van der Waals surface area (Å²) in [5, 5.41) is 28.1. The molecule has 4 nitrogen and oxygen atoms in total. The van der Waals surface area contributed by atoms with Gasteiger partial charge in [-0.25, -0.2) is 0 Å². The highest BCUT2D eigenvalue weighted by Crippen LogP contribution is 2.19. The normalized spacial score (nSPS) is 13.0. The van der Waals surface area contributed by atoms with E-state index in [4.69, 9.17) is 10.2 Å². The molecule has 1 atom stereocenters. The molecule has 0 heterocycles. The molecule has 1 rings (SSSR count). The van der Waals surface area contributed by atoms with Gasteiger partial charge < -0.3 is 15.3 Å². The molecule has 0 aliphatic carbocycles. The molecule has 0 aliphatic rings. The molecule has 102 valence electrons. The first-order chi connectivity index (χ1) is 8.58. The minimum absolute atomic E-state index is 0.0274. The van der Waals surface area contributed by atoms with Crippen LogP contribution in [0.3, 0.4) is 0 Å². The van der Waals surface area contributed by atoms with Crippen molar-refractivity contribution in [2.24, 2.45) is 0 Å². The molecule has 0 saturated heterocycles. The van der Waals surface area contributed by atoms with Crippen LogP contribution in [-0.2, 0) is 0 Å². The van der Waals surface area contributed by atoms with E-state index in [1.165, 1.54) is 5.56 Å². The summed E-state index contributed by atoms with van der Waals surface area (Å²) in [5.41, 5.74) is 3.14. The SMILES string of the molecule is Cc1ccc(C(O)CN(CCO)CCO)c(C)c1. The first-order valence-corrected chi connectivity index (χ1v) is 6.27. The maximum Gasteiger partial charge on any atom is 0.0919 e. The van der Waals surface area contributed by atoms with E-state index in [0.29, 0.717) is 19.6 Å². The van der Waals surface area contributed by atoms with Gasteiger partial charge in [-0.15, -0.1) is 0 Å². The molecule has 1 aromatic carbocycles. The van der Waals surface area contributed by atoms with Crippen molar-refractivity contribution in [2.45, 2.75) is 20.0 Å². The topological polar surface area (TPSA) is 63.9 Å². The van der Waals surface area contributed by atoms with Crippen molar-refractivity contribution in [1.29, 1.82) is 0 Å². The summed E-state index contributed by atoms with van der Waals surface area (Å²) in [7, 11) is 0. The van der Waals surface area contributed by atoms with Crippen LogP contribution < -0.4 is 0 Å². The van der Waals surface area contributed by atoms with Crippen molar-refractivity contribution in [3.8, 4) is 0 Å². The Balaban J connectivity index is 2.70. The van der Waals surface area contributed by atoms with Gasteiger partial charge in [-0.1, -0.05) is 23.8 Å². The molecule has 3 N–H and O–H groups in total. The molecule has 0 fully saturated rings. The van der Waals surface area contributed by atoms with Gasteiger partial charge in [0.25, 0.3) is 0 Å². The van der Waals surface area contributed by atoms with Crippen LogP contribution in [0.25, 0.3) is 0 Å². The van der Waals surface area contributed by atoms with Gasteiger partial charge in [0.15, 0.2) is 0 Å². The Morgan fingerprint density at radius 1 is 1.11 bits per heavy atom. The van der Waals surface area contributed by atoms with Crippen LogP contribution in [-0.4, -0.2) is 53.1 Å². The second kappa shape index (κ2) is 7.48. The van der Waals surface area contributed by atoms with Crippen molar-refractivity contribution in [3.63, 3.8) is 0 Å². The Kier molecular flexibility index (Phi) is 6.29. The Bertz CT molecular complexity index is 362. The van der Waals surface area contributed by atoms with E-state index in [2.05, 4.69) is 0 Å². The predicted molar refractivity (Wildman–Crippen MR) is 71.5 cm³/mol. The van der Waals surface area contributed by atoms with Gasteiger partial charge in [0, 0.05) is 19.6 Å². The number of hydrogen-bond donors (Lipinski definition) is 3. The molecule has 0 aliphatic heterocycles. The van der Waals surface area contributed by atoms with E-state index < -0.39 is 6.10 Å². The van der Waals surface area contributed by atoms with Gasteiger partial charge in [0.2, 0.25) is 0 Å². The molecule has 0 aromatic heterocycles. The van der Waals surface area contributed by atoms with Crippen LogP contribution in [0, 0.1) is 13.8 Å². The standard InChI is InChI=1S/C14H23NO3/c1-11-3-4-13(12(2)9-11)14(18)10-15(5-7-16)6-8-17/h3-4,9,14,16-18H,5-8,10H2,1-2H3. The van der Waals surface area contributed by atoms with Crippen LogP contribution >= 0.6 is 0 Å². The third-order valence-corrected chi connectivity index (χ3v) is 3.05. The lowest BCUT2D eigenvalue weighted by Crippen LogP contribution is -2.33.